The molecule has 0 bridgehead atoms. The summed E-state index contributed by atoms with van der Waals surface area (Å²) >= 11 is 6.15. The van der Waals surface area contributed by atoms with Crippen molar-refractivity contribution in [3.8, 4) is 11.5 Å². The number of unbranched alkanes of at least 4 members (excludes halogenated alkanes) is 1. The van der Waals surface area contributed by atoms with E-state index in [9.17, 15) is 0 Å². The van der Waals surface area contributed by atoms with Crippen LogP contribution < -0.4 is 9.47 Å². The van der Waals surface area contributed by atoms with Crippen LogP contribution in [-0.2, 0) is 0 Å². The Hall–Kier alpha value is -1.41. The maximum atomic E-state index is 6.15. The van der Waals surface area contributed by atoms with Crippen molar-refractivity contribution in [3.63, 3.8) is 0 Å². The number of fused-ring (bicyclic) bond motifs is 1. The van der Waals surface area contributed by atoms with Crippen molar-refractivity contribution >= 4 is 22.4 Å². The number of hydrogen-bond acceptors (Lipinski definition) is 2. The van der Waals surface area contributed by atoms with E-state index in [0.717, 1.165) is 56.8 Å². The van der Waals surface area contributed by atoms with Gasteiger partial charge in [0.15, 0.2) is 0 Å². The number of ether oxygens (including phenoxy) is 2. The average Bonchev–Trinajstić information content (AvgIpc) is 2.61. The van der Waals surface area contributed by atoms with Crippen LogP contribution in [0.15, 0.2) is 30.3 Å². The fourth-order valence-corrected chi connectivity index (χ4v) is 2.92. The molecule has 0 N–H and O–H groups in total. The first-order chi connectivity index (χ1) is 11.7. The zero-order chi connectivity index (χ0) is 17.4. The Bertz CT molecular complexity index is 639. The van der Waals surface area contributed by atoms with Gasteiger partial charge in [0, 0.05) is 5.38 Å². The van der Waals surface area contributed by atoms with Crippen LogP contribution in [0.25, 0.3) is 10.8 Å². The van der Waals surface area contributed by atoms with Crippen LogP contribution in [0.1, 0.15) is 51.5 Å². The van der Waals surface area contributed by atoms with Gasteiger partial charge >= 0.3 is 0 Å². The maximum absolute atomic E-state index is 6.15. The smallest absolute Gasteiger partial charge is 0.122 e. The summed E-state index contributed by atoms with van der Waals surface area (Å²) in [6.07, 6.45) is 5.29. The van der Waals surface area contributed by atoms with E-state index < -0.39 is 0 Å². The topological polar surface area (TPSA) is 18.5 Å². The molecular formula is C21H29ClO2. The molecule has 1 unspecified atom stereocenters. The lowest BCUT2D eigenvalue weighted by atomic mass is 10.0. The summed E-state index contributed by atoms with van der Waals surface area (Å²) < 4.78 is 11.7. The first kappa shape index (κ1) is 18.9. The molecule has 1 atom stereocenters. The first-order valence-electron chi connectivity index (χ1n) is 9.08. The molecule has 0 aliphatic carbocycles. The van der Waals surface area contributed by atoms with Crippen molar-refractivity contribution in [2.24, 2.45) is 0 Å². The number of alkyl halides is 1. The first-order valence-corrected chi connectivity index (χ1v) is 9.52. The summed E-state index contributed by atoms with van der Waals surface area (Å²) in [5.41, 5.74) is 1.19. The van der Waals surface area contributed by atoms with Gasteiger partial charge in [-0.15, -0.1) is 11.6 Å². The van der Waals surface area contributed by atoms with E-state index in [2.05, 4.69) is 45.0 Å². The second kappa shape index (κ2) is 9.78. The molecule has 0 aliphatic rings. The Morgan fingerprint density at radius 3 is 2.58 bits per heavy atom. The van der Waals surface area contributed by atoms with Crippen LogP contribution in [0, 0.1) is 6.92 Å². The molecule has 0 radical (unpaired) electrons. The lowest BCUT2D eigenvalue weighted by molar-refractivity contribution is 0.303. The van der Waals surface area contributed by atoms with Crippen molar-refractivity contribution in [2.45, 2.75) is 58.3 Å². The van der Waals surface area contributed by atoms with E-state index in [4.69, 9.17) is 21.1 Å². The molecule has 2 nitrogen and oxygen atoms in total. The highest BCUT2D eigenvalue weighted by Gasteiger charge is 2.07. The minimum atomic E-state index is 0.302. The van der Waals surface area contributed by atoms with E-state index in [-0.39, 0.29) is 0 Å². The van der Waals surface area contributed by atoms with Gasteiger partial charge in [0.2, 0.25) is 0 Å². The van der Waals surface area contributed by atoms with E-state index >= 15 is 0 Å². The molecule has 2 rings (SSSR count). The summed E-state index contributed by atoms with van der Waals surface area (Å²) in [7, 11) is 0. The maximum Gasteiger partial charge on any atom is 0.122 e. The Morgan fingerprint density at radius 2 is 1.83 bits per heavy atom. The molecule has 3 heteroatoms. The molecule has 0 amide bonds. The van der Waals surface area contributed by atoms with Gasteiger partial charge in [0.25, 0.3) is 0 Å². The van der Waals surface area contributed by atoms with Crippen LogP contribution in [0.4, 0.5) is 0 Å². The number of halogens is 1. The third-order valence-electron chi connectivity index (χ3n) is 4.30. The van der Waals surface area contributed by atoms with Crippen LogP contribution in [-0.4, -0.2) is 18.6 Å². The van der Waals surface area contributed by atoms with Gasteiger partial charge in [-0.2, -0.15) is 0 Å². The second-order valence-electron chi connectivity index (χ2n) is 6.27. The van der Waals surface area contributed by atoms with E-state index in [0.29, 0.717) is 5.38 Å². The number of benzene rings is 2. The van der Waals surface area contributed by atoms with Gasteiger partial charge in [0.1, 0.15) is 11.5 Å². The number of aryl methyl sites for hydroxylation is 1. The summed E-state index contributed by atoms with van der Waals surface area (Å²) in [6.45, 7) is 7.87. The normalized spacial score (nSPS) is 12.3. The van der Waals surface area contributed by atoms with Crippen LogP contribution in [0.5, 0.6) is 11.5 Å². The van der Waals surface area contributed by atoms with Gasteiger partial charge < -0.3 is 9.47 Å². The highest BCUT2D eigenvalue weighted by molar-refractivity contribution is 6.20. The molecule has 0 spiro atoms. The van der Waals surface area contributed by atoms with Crippen LogP contribution in [0.2, 0.25) is 0 Å². The molecule has 0 saturated carbocycles. The lowest BCUT2D eigenvalue weighted by Crippen LogP contribution is -2.02. The Balaban J connectivity index is 1.95. The molecular weight excluding hydrogens is 320 g/mol. The zero-order valence-corrected chi connectivity index (χ0v) is 15.9. The fourth-order valence-electron chi connectivity index (χ4n) is 2.76. The van der Waals surface area contributed by atoms with Crippen molar-refractivity contribution in [1.82, 2.24) is 0 Å². The van der Waals surface area contributed by atoms with Crippen molar-refractivity contribution in [3.05, 3.63) is 35.9 Å². The standard InChI is InChI=1S/C21H29ClO2/c1-4-13-23-19-10-11-20-16(3)21(12-9-17(20)15-19)24-14-7-6-8-18(22)5-2/h9-12,15,18H,4-8,13-14H2,1-3H3. The Morgan fingerprint density at radius 1 is 1.00 bits per heavy atom. The minimum Gasteiger partial charge on any atom is -0.494 e. The van der Waals surface area contributed by atoms with E-state index in [1.54, 1.807) is 0 Å². The summed E-state index contributed by atoms with van der Waals surface area (Å²) in [4.78, 5) is 0. The minimum absolute atomic E-state index is 0.302. The molecule has 2 aromatic carbocycles. The summed E-state index contributed by atoms with van der Waals surface area (Å²) in [6, 6.07) is 10.5. The zero-order valence-electron chi connectivity index (χ0n) is 15.1. The van der Waals surface area contributed by atoms with Crippen molar-refractivity contribution < 1.29 is 9.47 Å². The molecule has 132 valence electrons. The van der Waals surface area contributed by atoms with Crippen molar-refractivity contribution in [1.29, 1.82) is 0 Å². The number of hydrogen-bond donors (Lipinski definition) is 0. The van der Waals surface area contributed by atoms with Crippen molar-refractivity contribution in [2.75, 3.05) is 13.2 Å². The van der Waals surface area contributed by atoms with Gasteiger partial charge in [-0.3, -0.25) is 0 Å². The Labute approximate surface area is 151 Å². The van der Waals surface area contributed by atoms with Gasteiger partial charge in [-0.05, 0) is 73.6 Å². The molecule has 0 aromatic heterocycles. The van der Waals surface area contributed by atoms with Crippen LogP contribution >= 0.6 is 11.6 Å². The van der Waals surface area contributed by atoms with Gasteiger partial charge in [-0.1, -0.05) is 26.0 Å². The van der Waals surface area contributed by atoms with E-state index in [1.165, 1.54) is 16.3 Å². The van der Waals surface area contributed by atoms with E-state index in [1.807, 2.05) is 6.07 Å². The second-order valence-corrected chi connectivity index (χ2v) is 6.89. The van der Waals surface area contributed by atoms with Crippen LogP contribution in [0.3, 0.4) is 0 Å². The van der Waals surface area contributed by atoms with Gasteiger partial charge in [-0.25, -0.2) is 0 Å². The number of rotatable bonds is 10. The third kappa shape index (κ3) is 5.31. The third-order valence-corrected chi connectivity index (χ3v) is 4.82. The lowest BCUT2D eigenvalue weighted by Gasteiger charge is -2.13. The highest BCUT2D eigenvalue weighted by atomic mass is 35.5. The summed E-state index contributed by atoms with van der Waals surface area (Å²) in [5.74, 6) is 1.91. The molecule has 0 heterocycles. The predicted octanol–water partition coefficient (Wildman–Crippen LogP) is 6.50. The fraction of sp³-hybridized carbons (Fsp3) is 0.524. The molecule has 2 aromatic rings. The molecule has 24 heavy (non-hydrogen) atoms. The molecule has 0 fully saturated rings. The Kier molecular flexibility index (Phi) is 7.71. The SMILES string of the molecule is CCCOc1ccc2c(C)c(OCCCCC(Cl)CC)ccc2c1. The quantitative estimate of drug-likeness (QED) is 0.360. The predicted molar refractivity (Wildman–Crippen MR) is 104 cm³/mol. The summed E-state index contributed by atoms with van der Waals surface area (Å²) in [5, 5.41) is 2.72. The largest absolute Gasteiger partial charge is 0.494 e. The monoisotopic (exact) mass is 348 g/mol. The van der Waals surface area contributed by atoms with Gasteiger partial charge in [0.05, 0.1) is 13.2 Å². The average molecular weight is 349 g/mol. The molecule has 0 aliphatic heterocycles. The highest BCUT2D eigenvalue weighted by Crippen LogP contribution is 2.30. The molecule has 0 saturated heterocycles.